The van der Waals surface area contributed by atoms with Gasteiger partial charge in [-0.05, 0) is 36.9 Å². The van der Waals surface area contributed by atoms with Crippen LogP contribution in [-0.2, 0) is 27.2 Å². The van der Waals surface area contributed by atoms with Crippen LogP contribution in [0.1, 0.15) is 12.8 Å². The number of alkyl halides is 12. The Morgan fingerprint density at radius 2 is 0.833 bits per heavy atom. The Morgan fingerprint density at radius 1 is 0.595 bits per heavy atom. The maximum atomic E-state index is 13.1. The number of hydrogen-bond donors (Lipinski definition) is 2. The van der Waals surface area contributed by atoms with Gasteiger partial charge in [-0.3, -0.25) is 27.2 Å². The van der Waals surface area contributed by atoms with Crippen molar-refractivity contribution in [2.24, 2.45) is 0 Å². The molecule has 0 heterocycles. The van der Waals surface area contributed by atoms with E-state index < -0.39 is 96.8 Å². The van der Waals surface area contributed by atoms with Crippen LogP contribution in [0.5, 0.6) is 0 Å². The fourth-order valence-corrected chi connectivity index (χ4v) is 7.42. The largest absolute Gasteiger partial charge is 0.412 e. The second-order valence-corrected chi connectivity index (χ2v) is 14.3. The molecule has 0 bridgehead atoms. The minimum absolute atomic E-state index is 0.183. The van der Waals surface area contributed by atoms with Crippen molar-refractivity contribution in [1.82, 2.24) is 10.6 Å². The zero-order valence-corrected chi connectivity index (χ0v) is 24.8. The van der Waals surface area contributed by atoms with Crippen molar-refractivity contribution in [3.05, 3.63) is 0 Å². The van der Waals surface area contributed by atoms with Crippen molar-refractivity contribution in [1.29, 1.82) is 0 Å². The van der Waals surface area contributed by atoms with E-state index in [-0.39, 0.29) is 11.5 Å². The van der Waals surface area contributed by atoms with Gasteiger partial charge in [-0.15, -0.1) is 0 Å². The van der Waals surface area contributed by atoms with Crippen molar-refractivity contribution < 1.29 is 84.7 Å². The van der Waals surface area contributed by atoms with Crippen LogP contribution in [0.15, 0.2) is 0 Å². The van der Waals surface area contributed by atoms with Gasteiger partial charge in [-0.25, -0.2) is 4.79 Å². The fourth-order valence-electron chi connectivity index (χ4n) is 2.51. The molecule has 2 atom stereocenters. The minimum atomic E-state index is -5.54. The molecule has 42 heavy (non-hydrogen) atoms. The molecule has 0 aliphatic heterocycles. The first-order valence-corrected chi connectivity index (χ1v) is 17.0. The van der Waals surface area contributed by atoms with Crippen molar-refractivity contribution in [3.63, 3.8) is 0 Å². The normalized spacial score (nSPS) is 15.4. The quantitative estimate of drug-likeness (QED) is 0.113. The smallest absolute Gasteiger partial charge is 0.324 e. The number of nitrogens with one attached hydrogen (secondary N) is 2. The SMILES string of the molecule is CSCCC(NC(=O)NC(CCSC)P(=O)(OCC(F)(F)F)OCC(F)(F)F)P(=O)(OCC(F)(F)F)OCC(F)(F)F. The van der Waals surface area contributed by atoms with Crippen LogP contribution in [0.25, 0.3) is 0 Å². The summed E-state index contributed by atoms with van der Waals surface area (Å²) >= 11 is 1.84. The number of urea groups is 1. The summed E-state index contributed by atoms with van der Waals surface area (Å²) in [6.07, 6.45) is -19.4. The number of rotatable bonds is 18. The molecular formula is C17H26F12N2O7P2S2. The molecule has 25 heteroatoms. The lowest BCUT2D eigenvalue weighted by molar-refractivity contribution is -0.166. The van der Waals surface area contributed by atoms with Gasteiger partial charge in [0.1, 0.15) is 11.6 Å². The lowest BCUT2D eigenvalue weighted by Gasteiger charge is -2.31. The van der Waals surface area contributed by atoms with Gasteiger partial charge in [-0.1, -0.05) is 0 Å². The first kappa shape index (κ1) is 41.4. The summed E-state index contributed by atoms with van der Waals surface area (Å²) in [5.41, 5.74) is 0. The maximum Gasteiger partial charge on any atom is 0.412 e. The van der Waals surface area contributed by atoms with Crippen LogP contribution in [0.3, 0.4) is 0 Å². The molecular weight excluding hydrogens is 698 g/mol. The highest BCUT2D eigenvalue weighted by Crippen LogP contribution is 2.56. The van der Waals surface area contributed by atoms with Crippen molar-refractivity contribution in [3.8, 4) is 0 Å². The van der Waals surface area contributed by atoms with Crippen molar-refractivity contribution >= 4 is 44.7 Å². The van der Waals surface area contributed by atoms with Gasteiger partial charge < -0.3 is 10.6 Å². The average molecular weight is 724 g/mol. The molecule has 252 valence electrons. The number of hydrogen-bond acceptors (Lipinski definition) is 9. The number of carbonyl (C=O) groups excluding carboxylic acids is 1. The summed E-state index contributed by atoms with van der Waals surface area (Å²) in [4.78, 5) is 12.7. The van der Waals surface area contributed by atoms with Gasteiger partial charge in [0, 0.05) is 0 Å². The Bertz CT molecular complexity index is 809. The number of halogens is 12. The fraction of sp³-hybridized carbons (Fsp3) is 0.941. The van der Waals surface area contributed by atoms with E-state index in [9.17, 15) is 66.6 Å². The van der Waals surface area contributed by atoms with E-state index >= 15 is 0 Å². The minimum Gasteiger partial charge on any atom is -0.324 e. The first-order valence-electron chi connectivity index (χ1n) is 10.9. The molecule has 0 spiro atoms. The molecule has 2 unspecified atom stereocenters. The highest BCUT2D eigenvalue weighted by Gasteiger charge is 2.47. The number of carbonyl (C=O) groups is 1. The highest BCUT2D eigenvalue weighted by molar-refractivity contribution is 7.98. The van der Waals surface area contributed by atoms with Gasteiger partial charge in [0.05, 0.1) is 0 Å². The highest BCUT2D eigenvalue weighted by atomic mass is 32.2. The topological polar surface area (TPSA) is 112 Å². The van der Waals surface area contributed by atoms with Crippen molar-refractivity contribution in [2.75, 3.05) is 50.4 Å². The Labute approximate surface area is 239 Å². The summed E-state index contributed by atoms with van der Waals surface area (Å²) in [5, 5.41) is 3.39. The van der Waals surface area contributed by atoms with E-state index in [1.54, 1.807) is 10.6 Å². The summed E-state index contributed by atoms with van der Waals surface area (Å²) < 4.78 is 195. The molecule has 9 nitrogen and oxygen atoms in total. The third kappa shape index (κ3) is 19.0. The summed E-state index contributed by atoms with van der Waals surface area (Å²) in [6.45, 7) is -9.54. The molecule has 0 rings (SSSR count). The van der Waals surface area contributed by atoms with Gasteiger partial charge in [0.25, 0.3) is 0 Å². The van der Waals surface area contributed by atoms with Crippen molar-refractivity contribution in [2.45, 2.75) is 49.1 Å². The molecule has 0 saturated heterocycles. The second-order valence-electron chi connectivity index (χ2n) is 7.85. The van der Waals surface area contributed by atoms with Gasteiger partial charge in [0.2, 0.25) is 0 Å². The van der Waals surface area contributed by atoms with Crippen LogP contribution >= 0.6 is 38.7 Å². The summed E-state index contributed by atoms with van der Waals surface area (Å²) in [7, 11) is -11.1. The van der Waals surface area contributed by atoms with E-state index in [1.165, 1.54) is 12.5 Å². The lowest BCUT2D eigenvalue weighted by Crippen LogP contribution is -2.47. The standard InChI is InChI=1S/C17H26F12N2O7P2S2/c1-41-5-3-11(39(33,35-7-14(18,19)20)36-8-15(21,22)23)30-13(32)31-12(4-6-42-2)40(34,37-9-16(24,25)26)38-10-17(27,28)29/h11-12H,3-10H2,1-2H3,(H2,30,31,32). The van der Waals surface area contributed by atoms with Crippen LogP contribution < -0.4 is 10.6 Å². The Morgan fingerprint density at radius 3 is 1.02 bits per heavy atom. The predicted octanol–water partition coefficient (Wildman–Crippen LogP) is 7.15. The van der Waals surface area contributed by atoms with Crippen LogP contribution in [-0.4, -0.2) is 92.7 Å². The third-order valence-corrected chi connectivity index (χ3v) is 9.73. The van der Waals surface area contributed by atoms with E-state index in [4.69, 9.17) is 0 Å². The zero-order chi connectivity index (χ0) is 33.0. The van der Waals surface area contributed by atoms with E-state index in [0.717, 1.165) is 23.5 Å². The van der Waals surface area contributed by atoms with Crippen LogP contribution in [0, 0.1) is 0 Å². The van der Waals surface area contributed by atoms with Crippen LogP contribution in [0.2, 0.25) is 0 Å². The molecule has 2 amide bonds. The van der Waals surface area contributed by atoms with Gasteiger partial charge in [-0.2, -0.15) is 76.2 Å². The Hall–Kier alpha value is -0.570. The molecule has 0 aliphatic rings. The molecule has 0 aliphatic carbocycles. The Kier molecular flexibility index (Phi) is 17.0. The molecule has 0 aromatic carbocycles. The zero-order valence-electron chi connectivity index (χ0n) is 21.4. The molecule has 0 fully saturated rings. The number of amides is 2. The van der Waals surface area contributed by atoms with Gasteiger partial charge in [0.15, 0.2) is 26.4 Å². The average Bonchev–Trinajstić information content (AvgIpc) is 2.82. The van der Waals surface area contributed by atoms with E-state index in [1.807, 2.05) is 0 Å². The molecule has 0 radical (unpaired) electrons. The molecule has 0 saturated carbocycles. The molecule has 0 aromatic heterocycles. The first-order chi connectivity index (χ1) is 18.8. The second kappa shape index (κ2) is 17.2. The third-order valence-electron chi connectivity index (χ3n) is 4.18. The number of thioether (sulfide) groups is 2. The predicted molar refractivity (Wildman–Crippen MR) is 128 cm³/mol. The van der Waals surface area contributed by atoms with Crippen LogP contribution in [0.4, 0.5) is 57.5 Å². The van der Waals surface area contributed by atoms with Gasteiger partial charge >= 0.3 is 45.9 Å². The summed E-state index contributed by atoms with van der Waals surface area (Å²) in [6, 6.07) is -1.75. The lowest BCUT2D eigenvalue weighted by atomic mass is 10.4. The molecule has 2 N–H and O–H groups in total. The Balaban J connectivity index is 6.30. The maximum absolute atomic E-state index is 13.1. The van der Waals surface area contributed by atoms with E-state index in [2.05, 4.69) is 18.1 Å². The molecule has 0 aromatic rings. The van der Waals surface area contributed by atoms with E-state index in [0.29, 0.717) is 0 Å². The monoisotopic (exact) mass is 724 g/mol. The summed E-state index contributed by atoms with van der Waals surface area (Å²) in [5.74, 6) is -4.89.